The highest BCUT2D eigenvalue weighted by atomic mass is 16.1. The van der Waals surface area contributed by atoms with Crippen molar-refractivity contribution in [3.05, 3.63) is 59.8 Å². The molecular weight excluding hydrogens is 276 g/mol. The molecule has 0 radical (unpaired) electrons. The molecule has 0 unspecified atom stereocenters. The van der Waals surface area contributed by atoms with Crippen LogP contribution in [0.25, 0.3) is 22.4 Å². The number of aromatic amines is 1. The van der Waals surface area contributed by atoms with Crippen LogP contribution in [-0.4, -0.2) is 21.3 Å². The number of carbonyl (C=O) groups excluding carboxylic acids is 1. The molecule has 3 rings (SSSR count). The number of aryl methyl sites for hydroxylation is 1. The second-order valence-electron chi connectivity index (χ2n) is 5.01. The molecule has 5 heteroatoms. The minimum Gasteiger partial charge on any atom is -0.364 e. The Morgan fingerprint density at radius 2 is 1.50 bits per heavy atom. The highest BCUT2D eigenvalue weighted by Crippen LogP contribution is 2.25. The first-order chi connectivity index (χ1) is 10.7. The first-order valence-corrected chi connectivity index (χ1v) is 7.09. The van der Waals surface area contributed by atoms with Gasteiger partial charge in [-0.2, -0.15) is 15.4 Å². The minimum absolute atomic E-state index is 0.153. The van der Waals surface area contributed by atoms with E-state index in [1.165, 1.54) is 5.56 Å². The van der Waals surface area contributed by atoms with Gasteiger partial charge in [0.25, 0.3) is 5.91 Å². The van der Waals surface area contributed by atoms with Crippen LogP contribution in [0.4, 0.5) is 0 Å². The molecule has 0 aliphatic carbocycles. The van der Waals surface area contributed by atoms with Gasteiger partial charge in [-0.1, -0.05) is 55.5 Å². The summed E-state index contributed by atoms with van der Waals surface area (Å²) in [6.07, 6.45) is 1.03. The van der Waals surface area contributed by atoms with Crippen molar-refractivity contribution in [3.8, 4) is 22.4 Å². The van der Waals surface area contributed by atoms with Crippen LogP contribution in [0.15, 0.2) is 48.5 Å². The number of H-pyrrole nitrogens is 1. The molecule has 0 saturated heterocycles. The Morgan fingerprint density at radius 3 is 2.05 bits per heavy atom. The number of nitrogens with one attached hydrogen (secondary N) is 1. The van der Waals surface area contributed by atoms with Gasteiger partial charge in [-0.3, -0.25) is 4.79 Å². The molecular formula is C17H16N4O. The van der Waals surface area contributed by atoms with Gasteiger partial charge in [-0.15, -0.1) is 0 Å². The van der Waals surface area contributed by atoms with Crippen LogP contribution in [0.2, 0.25) is 0 Å². The van der Waals surface area contributed by atoms with E-state index >= 15 is 0 Å². The number of hydrogen-bond acceptors (Lipinski definition) is 3. The molecule has 1 heterocycles. The summed E-state index contributed by atoms with van der Waals surface area (Å²) >= 11 is 0. The van der Waals surface area contributed by atoms with Crippen molar-refractivity contribution in [1.82, 2.24) is 15.4 Å². The third-order valence-corrected chi connectivity index (χ3v) is 3.64. The zero-order valence-corrected chi connectivity index (χ0v) is 12.2. The zero-order chi connectivity index (χ0) is 15.5. The predicted molar refractivity (Wildman–Crippen MR) is 85.2 cm³/mol. The van der Waals surface area contributed by atoms with Crippen molar-refractivity contribution < 1.29 is 4.79 Å². The quantitative estimate of drug-likeness (QED) is 0.775. The lowest BCUT2D eigenvalue weighted by atomic mass is 10.0. The van der Waals surface area contributed by atoms with E-state index in [0.29, 0.717) is 5.69 Å². The third kappa shape index (κ3) is 2.61. The topological polar surface area (TPSA) is 84.7 Å². The Morgan fingerprint density at radius 1 is 0.955 bits per heavy atom. The molecule has 0 bridgehead atoms. The van der Waals surface area contributed by atoms with Crippen LogP contribution in [0.5, 0.6) is 0 Å². The molecule has 0 fully saturated rings. The van der Waals surface area contributed by atoms with E-state index in [9.17, 15) is 4.79 Å². The van der Waals surface area contributed by atoms with Crippen molar-refractivity contribution in [2.45, 2.75) is 13.3 Å². The average Bonchev–Trinajstić information content (AvgIpc) is 3.05. The number of carbonyl (C=O) groups is 1. The first-order valence-electron chi connectivity index (χ1n) is 7.09. The standard InChI is InChI=1S/C17H16N4O/c1-2-11-3-5-12(6-4-11)13-7-9-14(10-8-13)15-16(17(18)22)20-21-19-15/h3-10H,2H2,1H3,(H2,18,22)(H,19,20,21). The molecule has 3 aromatic rings. The van der Waals surface area contributed by atoms with E-state index in [1.807, 2.05) is 24.3 Å². The number of aromatic nitrogens is 3. The van der Waals surface area contributed by atoms with Crippen molar-refractivity contribution in [2.75, 3.05) is 0 Å². The van der Waals surface area contributed by atoms with E-state index in [1.54, 1.807) is 0 Å². The normalized spacial score (nSPS) is 10.6. The minimum atomic E-state index is -0.594. The monoisotopic (exact) mass is 292 g/mol. The van der Waals surface area contributed by atoms with Crippen LogP contribution >= 0.6 is 0 Å². The average molecular weight is 292 g/mol. The Hall–Kier alpha value is -2.95. The van der Waals surface area contributed by atoms with E-state index < -0.39 is 5.91 Å². The summed E-state index contributed by atoms with van der Waals surface area (Å²) in [7, 11) is 0. The molecule has 0 aliphatic rings. The lowest BCUT2D eigenvalue weighted by Crippen LogP contribution is -2.12. The Labute approximate surface area is 128 Å². The summed E-state index contributed by atoms with van der Waals surface area (Å²) in [4.78, 5) is 11.3. The number of benzene rings is 2. The number of primary amides is 1. The number of nitrogens with zero attached hydrogens (tertiary/aromatic N) is 2. The van der Waals surface area contributed by atoms with Crippen LogP contribution in [0.3, 0.4) is 0 Å². The number of amides is 1. The van der Waals surface area contributed by atoms with Gasteiger partial charge in [-0.05, 0) is 23.1 Å². The summed E-state index contributed by atoms with van der Waals surface area (Å²) < 4.78 is 0. The van der Waals surface area contributed by atoms with Crippen molar-refractivity contribution >= 4 is 5.91 Å². The fraction of sp³-hybridized carbons (Fsp3) is 0.118. The van der Waals surface area contributed by atoms with Gasteiger partial charge in [0, 0.05) is 5.56 Å². The smallest absolute Gasteiger partial charge is 0.271 e. The highest BCUT2D eigenvalue weighted by Gasteiger charge is 2.14. The van der Waals surface area contributed by atoms with Gasteiger partial charge < -0.3 is 5.73 Å². The summed E-state index contributed by atoms with van der Waals surface area (Å²) in [6, 6.07) is 16.3. The molecule has 0 atom stereocenters. The number of rotatable bonds is 4. The van der Waals surface area contributed by atoms with E-state index in [0.717, 1.165) is 23.1 Å². The highest BCUT2D eigenvalue weighted by molar-refractivity contribution is 5.96. The maximum Gasteiger partial charge on any atom is 0.271 e. The fourth-order valence-corrected chi connectivity index (χ4v) is 2.36. The Kier molecular flexibility index (Phi) is 3.70. The van der Waals surface area contributed by atoms with E-state index in [4.69, 9.17) is 5.73 Å². The third-order valence-electron chi connectivity index (χ3n) is 3.64. The molecule has 1 aromatic heterocycles. The molecule has 1 amide bonds. The van der Waals surface area contributed by atoms with Gasteiger partial charge in [0.2, 0.25) is 0 Å². The van der Waals surface area contributed by atoms with Crippen LogP contribution in [0, 0.1) is 0 Å². The van der Waals surface area contributed by atoms with Gasteiger partial charge in [0.1, 0.15) is 5.69 Å². The van der Waals surface area contributed by atoms with Crippen LogP contribution < -0.4 is 5.73 Å². The molecule has 0 saturated carbocycles. The molecule has 5 nitrogen and oxygen atoms in total. The number of nitrogens with two attached hydrogens (primary N) is 1. The molecule has 22 heavy (non-hydrogen) atoms. The van der Waals surface area contributed by atoms with Crippen molar-refractivity contribution in [3.63, 3.8) is 0 Å². The van der Waals surface area contributed by atoms with Gasteiger partial charge in [0.15, 0.2) is 5.69 Å². The molecule has 0 aliphatic heterocycles. The number of hydrogen-bond donors (Lipinski definition) is 2. The van der Waals surface area contributed by atoms with Gasteiger partial charge in [-0.25, -0.2) is 0 Å². The van der Waals surface area contributed by atoms with Crippen LogP contribution in [0.1, 0.15) is 23.0 Å². The summed E-state index contributed by atoms with van der Waals surface area (Å²) in [5.74, 6) is -0.594. The summed E-state index contributed by atoms with van der Waals surface area (Å²) in [5.41, 5.74) is 10.3. The summed E-state index contributed by atoms with van der Waals surface area (Å²) in [6.45, 7) is 2.14. The zero-order valence-electron chi connectivity index (χ0n) is 12.2. The van der Waals surface area contributed by atoms with Crippen molar-refractivity contribution in [2.24, 2.45) is 5.73 Å². The molecule has 110 valence electrons. The molecule has 0 spiro atoms. The van der Waals surface area contributed by atoms with E-state index in [-0.39, 0.29) is 5.69 Å². The Bertz CT molecular complexity index is 788. The second kappa shape index (κ2) is 5.81. The largest absolute Gasteiger partial charge is 0.364 e. The van der Waals surface area contributed by atoms with Gasteiger partial charge >= 0.3 is 0 Å². The second-order valence-corrected chi connectivity index (χ2v) is 5.01. The SMILES string of the molecule is CCc1ccc(-c2ccc(-c3n[nH]nc3C(N)=O)cc2)cc1. The predicted octanol–water partition coefficient (Wildman–Crippen LogP) is 2.80. The van der Waals surface area contributed by atoms with Crippen molar-refractivity contribution in [1.29, 1.82) is 0 Å². The van der Waals surface area contributed by atoms with Crippen LogP contribution in [-0.2, 0) is 6.42 Å². The maximum atomic E-state index is 11.3. The van der Waals surface area contributed by atoms with Gasteiger partial charge in [0.05, 0.1) is 0 Å². The molecule has 3 N–H and O–H groups in total. The maximum absolute atomic E-state index is 11.3. The first kappa shape index (κ1) is 14.0. The summed E-state index contributed by atoms with van der Waals surface area (Å²) in [5, 5.41) is 10.2. The lowest BCUT2D eigenvalue weighted by molar-refractivity contribution is 0.0996. The molecule has 2 aromatic carbocycles. The lowest BCUT2D eigenvalue weighted by Gasteiger charge is -2.05. The van der Waals surface area contributed by atoms with E-state index in [2.05, 4.69) is 46.6 Å². The fourth-order valence-electron chi connectivity index (χ4n) is 2.36. The Balaban J connectivity index is 1.92.